The average molecular weight is 431 g/mol. The van der Waals surface area contributed by atoms with E-state index in [-0.39, 0.29) is 0 Å². The fraction of sp³-hybridized carbons (Fsp3) is 0.194. The van der Waals surface area contributed by atoms with Crippen molar-refractivity contribution in [2.75, 3.05) is 0 Å². The van der Waals surface area contributed by atoms with Gasteiger partial charge < -0.3 is 0 Å². The molecule has 5 rings (SSSR count). The molecule has 0 N–H and O–H groups in total. The van der Waals surface area contributed by atoms with E-state index in [2.05, 4.69) is 123 Å². The maximum atomic E-state index is 4.75. The summed E-state index contributed by atoms with van der Waals surface area (Å²) in [4.78, 5) is 4.75. The Balaban J connectivity index is 1.79. The van der Waals surface area contributed by atoms with Gasteiger partial charge in [0, 0.05) is 18.0 Å². The number of aromatic nitrogens is 2. The van der Waals surface area contributed by atoms with Gasteiger partial charge in [-0.3, -0.25) is 4.57 Å². The van der Waals surface area contributed by atoms with Gasteiger partial charge in [0.15, 0.2) is 0 Å². The molecular formula is C31H30N2. The van der Waals surface area contributed by atoms with Crippen molar-refractivity contribution in [3.8, 4) is 28.2 Å². The van der Waals surface area contributed by atoms with Crippen LogP contribution in [-0.4, -0.2) is 9.55 Å². The Hall–Kier alpha value is -3.65. The molecule has 0 bridgehead atoms. The molecule has 1 aromatic heterocycles. The van der Waals surface area contributed by atoms with Crippen molar-refractivity contribution in [1.29, 1.82) is 0 Å². The maximum absolute atomic E-state index is 4.75. The van der Waals surface area contributed by atoms with Crippen molar-refractivity contribution in [2.45, 2.75) is 39.5 Å². The maximum Gasteiger partial charge on any atom is 0.144 e. The summed E-state index contributed by atoms with van der Waals surface area (Å²) in [7, 11) is 0. The first-order chi connectivity index (χ1) is 16.0. The molecular weight excluding hydrogens is 400 g/mol. The highest BCUT2D eigenvalue weighted by molar-refractivity contribution is 5.97. The zero-order valence-corrected chi connectivity index (χ0v) is 19.8. The summed E-state index contributed by atoms with van der Waals surface area (Å²) < 4.78 is 2.28. The van der Waals surface area contributed by atoms with Crippen molar-refractivity contribution in [2.24, 2.45) is 0 Å². The predicted octanol–water partition coefficient (Wildman–Crippen LogP) is 8.61. The lowest BCUT2D eigenvalue weighted by Gasteiger charge is -2.24. The van der Waals surface area contributed by atoms with Gasteiger partial charge in [0.25, 0.3) is 0 Å². The minimum absolute atomic E-state index is 0.374. The molecule has 0 aliphatic heterocycles. The van der Waals surface area contributed by atoms with E-state index < -0.39 is 0 Å². The van der Waals surface area contributed by atoms with E-state index in [9.17, 15) is 0 Å². The van der Waals surface area contributed by atoms with Crippen molar-refractivity contribution in [3.63, 3.8) is 0 Å². The Kier molecular flexibility index (Phi) is 5.60. The summed E-state index contributed by atoms with van der Waals surface area (Å²) in [6, 6.07) is 30.5. The topological polar surface area (TPSA) is 17.8 Å². The highest BCUT2D eigenvalue weighted by Gasteiger charge is 2.21. The molecule has 5 aromatic rings. The van der Waals surface area contributed by atoms with Gasteiger partial charge in [0.2, 0.25) is 0 Å². The van der Waals surface area contributed by atoms with Crippen LogP contribution in [0.1, 0.15) is 50.7 Å². The molecule has 0 aliphatic rings. The van der Waals surface area contributed by atoms with Gasteiger partial charge in [0.1, 0.15) is 5.82 Å². The molecule has 1 heterocycles. The van der Waals surface area contributed by atoms with Crippen molar-refractivity contribution >= 4 is 10.8 Å². The first-order valence-corrected chi connectivity index (χ1v) is 11.8. The molecule has 0 spiro atoms. The lowest BCUT2D eigenvalue weighted by atomic mass is 9.87. The third-order valence-corrected chi connectivity index (χ3v) is 6.43. The normalized spacial score (nSPS) is 11.6. The van der Waals surface area contributed by atoms with Gasteiger partial charge in [-0.05, 0) is 57.0 Å². The van der Waals surface area contributed by atoms with Crippen molar-refractivity contribution in [3.05, 3.63) is 108 Å². The number of rotatable bonds is 5. The zero-order chi connectivity index (χ0) is 22.9. The second-order valence-corrected chi connectivity index (χ2v) is 9.33. The standard InChI is InChI=1S/C31H30N2/c1-21(2)28-19-25(27-16-10-14-23-11-8-9-15-26(23)27)20-29(22(3)4)30(28)33-18-17-32-31(33)24-12-6-5-7-13-24/h5-22H,1-4H3. The van der Waals surface area contributed by atoms with E-state index in [1.807, 2.05) is 6.20 Å². The Labute approximate surface area is 196 Å². The summed E-state index contributed by atoms with van der Waals surface area (Å²) in [5.41, 5.74) is 7.66. The molecule has 0 atom stereocenters. The molecule has 2 nitrogen and oxygen atoms in total. The van der Waals surface area contributed by atoms with E-state index in [0.717, 1.165) is 11.4 Å². The number of fused-ring (bicyclic) bond motifs is 1. The van der Waals surface area contributed by atoms with Crippen LogP contribution < -0.4 is 0 Å². The van der Waals surface area contributed by atoms with Crippen LogP contribution in [0.15, 0.2) is 97.3 Å². The third kappa shape index (κ3) is 3.87. The van der Waals surface area contributed by atoms with Crippen LogP contribution in [0.2, 0.25) is 0 Å². The van der Waals surface area contributed by atoms with Gasteiger partial charge in [0.05, 0.1) is 5.69 Å². The van der Waals surface area contributed by atoms with Gasteiger partial charge in [-0.15, -0.1) is 0 Å². The van der Waals surface area contributed by atoms with Crippen LogP contribution >= 0.6 is 0 Å². The van der Waals surface area contributed by atoms with E-state index in [0.29, 0.717) is 11.8 Å². The van der Waals surface area contributed by atoms with Crippen LogP contribution in [0.4, 0.5) is 0 Å². The molecule has 33 heavy (non-hydrogen) atoms. The van der Waals surface area contributed by atoms with Crippen LogP contribution in [0.25, 0.3) is 39.0 Å². The number of hydrogen-bond acceptors (Lipinski definition) is 1. The SMILES string of the molecule is CC(C)c1cc(-c2cccc3ccccc23)cc(C(C)C)c1-n1ccnc1-c1ccccc1. The lowest BCUT2D eigenvalue weighted by Crippen LogP contribution is -2.08. The van der Waals surface area contributed by atoms with E-state index in [1.165, 1.54) is 38.7 Å². The van der Waals surface area contributed by atoms with E-state index in [1.54, 1.807) is 0 Å². The van der Waals surface area contributed by atoms with Gasteiger partial charge >= 0.3 is 0 Å². The number of nitrogens with zero attached hydrogens (tertiary/aromatic N) is 2. The van der Waals surface area contributed by atoms with Crippen LogP contribution in [-0.2, 0) is 0 Å². The minimum Gasteiger partial charge on any atom is -0.299 e. The molecule has 0 unspecified atom stereocenters. The van der Waals surface area contributed by atoms with Crippen molar-refractivity contribution in [1.82, 2.24) is 9.55 Å². The first kappa shape index (κ1) is 21.2. The molecule has 4 aromatic carbocycles. The summed E-state index contributed by atoms with van der Waals surface area (Å²) in [5.74, 6) is 1.73. The lowest BCUT2D eigenvalue weighted by molar-refractivity contribution is 0.807. The third-order valence-electron chi connectivity index (χ3n) is 6.43. The molecule has 0 aliphatic carbocycles. The summed E-state index contributed by atoms with van der Waals surface area (Å²) in [6.07, 6.45) is 4.02. The van der Waals surface area contributed by atoms with Crippen LogP contribution in [0.3, 0.4) is 0 Å². The number of imidazole rings is 1. The smallest absolute Gasteiger partial charge is 0.144 e. The van der Waals surface area contributed by atoms with Crippen molar-refractivity contribution < 1.29 is 0 Å². The van der Waals surface area contributed by atoms with Crippen LogP contribution in [0.5, 0.6) is 0 Å². The molecule has 0 fully saturated rings. The number of benzene rings is 4. The molecule has 0 radical (unpaired) electrons. The summed E-state index contributed by atoms with van der Waals surface area (Å²) in [5, 5.41) is 2.57. The fourth-order valence-corrected chi connectivity index (χ4v) is 4.76. The monoisotopic (exact) mass is 430 g/mol. The Bertz CT molecular complexity index is 1370. The Morgan fingerprint density at radius 1 is 0.667 bits per heavy atom. The summed E-state index contributed by atoms with van der Waals surface area (Å²) in [6.45, 7) is 9.15. The second kappa shape index (κ2) is 8.71. The largest absolute Gasteiger partial charge is 0.299 e. The quantitative estimate of drug-likeness (QED) is 0.273. The Morgan fingerprint density at radius 3 is 2.00 bits per heavy atom. The molecule has 0 amide bonds. The molecule has 0 saturated carbocycles. The number of hydrogen-bond donors (Lipinski definition) is 0. The fourth-order valence-electron chi connectivity index (χ4n) is 4.76. The Morgan fingerprint density at radius 2 is 1.30 bits per heavy atom. The zero-order valence-electron chi connectivity index (χ0n) is 19.8. The van der Waals surface area contributed by atoms with Crippen LogP contribution in [0, 0.1) is 0 Å². The molecule has 0 saturated heterocycles. The van der Waals surface area contributed by atoms with Gasteiger partial charge in [-0.2, -0.15) is 0 Å². The molecule has 2 heteroatoms. The highest BCUT2D eigenvalue weighted by Crippen LogP contribution is 2.39. The molecule has 164 valence electrons. The highest BCUT2D eigenvalue weighted by atomic mass is 15.1. The summed E-state index contributed by atoms with van der Waals surface area (Å²) >= 11 is 0. The van der Waals surface area contributed by atoms with Gasteiger partial charge in [-0.25, -0.2) is 4.98 Å². The predicted molar refractivity (Wildman–Crippen MR) is 140 cm³/mol. The minimum atomic E-state index is 0.374. The second-order valence-electron chi connectivity index (χ2n) is 9.33. The first-order valence-electron chi connectivity index (χ1n) is 11.8. The van der Waals surface area contributed by atoms with Gasteiger partial charge in [-0.1, -0.05) is 100 Å². The average Bonchev–Trinajstić information content (AvgIpc) is 3.33. The van der Waals surface area contributed by atoms with E-state index >= 15 is 0 Å². The van der Waals surface area contributed by atoms with E-state index in [4.69, 9.17) is 4.98 Å².